The molecule has 1 fully saturated rings. The van der Waals surface area contributed by atoms with Gasteiger partial charge in [0.2, 0.25) is 11.0 Å². The number of thiazole rings is 1. The smallest absolute Gasteiger partial charge is 0.246 e. The van der Waals surface area contributed by atoms with E-state index in [1.807, 2.05) is 17.5 Å². The van der Waals surface area contributed by atoms with Crippen molar-refractivity contribution in [2.24, 2.45) is 5.10 Å². The Bertz CT molecular complexity index is 1080. The van der Waals surface area contributed by atoms with Gasteiger partial charge in [-0.05, 0) is 23.6 Å². The number of hydrazone groups is 1. The number of nitriles is 1. The highest BCUT2D eigenvalue weighted by Crippen LogP contribution is 2.31. The molecular formula is C20H19N7OS2. The molecule has 4 heterocycles. The van der Waals surface area contributed by atoms with E-state index >= 15 is 0 Å². The first kappa shape index (κ1) is 20.0. The van der Waals surface area contributed by atoms with Crippen molar-refractivity contribution in [2.75, 3.05) is 41.0 Å². The molecule has 0 radical (unpaired) electrons. The van der Waals surface area contributed by atoms with Crippen LogP contribution in [0.4, 0.5) is 16.0 Å². The van der Waals surface area contributed by atoms with Gasteiger partial charge in [-0.2, -0.15) is 15.4 Å². The summed E-state index contributed by atoms with van der Waals surface area (Å²) in [5.74, 6) is 0.544. The van der Waals surface area contributed by atoms with Crippen LogP contribution in [0.5, 0.6) is 0 Å². The normalized spacial score (nSPS) is 14.1. The minimum Gasteiger partial charge on any atom is -0.359 e. The number of carbonyl (C=O) groups is 1. The maximum Gasteiger partial charge on any atom is 0.246 e. The molecule has 0 saturated carbocycles. The van der Waals surface area contributed by atoms with Gasteiger partial charge in [0.05, 0.1) is 18.0 Å². The van der Waals surface area contributed by atoms with Crippen molar-refractivity contribution in [3.05, 3.63) is 52.5 Å². The molecule has 8 nitrogen and oxygen atoms in total. The molecule has 0 aromatic carbocycles. The second-order valence-corrected chi connectivity index (χ2v) is 8.50. The second kappa shape index (κ2) is 9.02. The molecule has 3 aromatic rings. The van der Waals surface area contributed by atoms with E-state index in [2.05, 4.69) is 30.9 Å². The zero-order chi connectivity index (χ0) is 20.9. The second-order valence-electron chi connectivity index (χ2n) is 6.53. The van der Waals surface area contributed by atoms with Gasteiger partial charge in [0.1, 0.15) is 16.9 Å². The number of thiophene rings is 1. The van der Waals surface area contributed by atoms with E-state index in [-0.39, 0.29) is 5.91 Å². The molecular weight excluding hydrogens is 418 g/mol. The molecule has 0 unspecified atom stereocenters. The Kier molecular flexibility index (Phi) is 6.02. The average molecular weight is 438 g/mol. The number of amides is 1. The van der Waals surface area contributed by atoms with Crippen LogP contribution in [0.2, 0.25) is 0 Å². The van der Waals surface area contributed by atoms with Gasteiger partial charge in [-0.25, -0.2) is 9.97 Å². The van der Waals surface area contributed by atoms with Gasteiger partial charge in [0.25, 0.3) is 0 Å². The van der Waals surface area contributed by atoms with Crippen LogP contribution >= 0.6 is 22.7 Å². The summed E-state index contributed by atoms with van der Waals surface area (Å²) in [6, 6.07) is 9.66. The summed E-state index contributed by atoms with van der Waals surface area (Å²) < 4.78 is 0. The highest BCUT2D eigenvalue weighted by molar-refractivity contribution is 7.19. The number of hydrogen-bond acceptors (Lipinski definition) is 9. The van der Waals surface area contributed by atoms with Gasteiger partial charge >= 0.3 is 0 Å². The van der Waals surface area contributed by atoms with Crippen LogP contribution in [-0.4, -0.2) is 48.3 Å². The van der Waals surface area contributed by atoms with Gasteiger partial charge in [0.15, 0.2) is 0 Å². The number of carbonyl (C=O) groups excluding carboxylic acids is 1. The lowest BCUT2D eigenvalue weighted by molar-refractivity contribution is -0.116. The van der Waals surface area contributed by atoms with Crippen molar-refractivity contribution in [3.63, 3.8) is 0 Å². The summed E-state index contributed by atoms with van der Waals surface area (Å²) in [6.45, 7) is 4.55. The number of hydrogen-bond donors (Lipinski definition) is 0. The zero-order valence-corrected chi connectivity index (χ0v) is 17.9. The largest absolute Gasteiger partial charge is 0.359 e. The number of anilines is 3. The van der Waals surface area contributed by atoms with Crippen molar-refractivity contribution in [1.29, 1.82) is 5.26 Å². The number of pyridine rings is 1. The predicted octanol–water partition coefficient (Wildman–Crippen LogP) is 3.18. The van der Waals surface area contributed by atoms with Crippen molar-refractivity contribution in [3.8, 4) is 6.07 Å². The number of piperazine rings is 1. The van der Waals surface area contributed by atoms with Crippen LogP contribution in [0.3, 0.4) is 0 Å². The maximum absolute atomic E-state index is 12.1. The third-order valence-electron chi connectivity index (χ3n) is 4.60. The standard InChI is InChI=1S/C20H19N7OS2/c1-15(28)27(24-13-17-5-3-11-29-17)20-23-14-18(30-20)25-7-9-26(10-8-25)19-16(12-21)4-2-6-22-19/h2-6,11,13-14H,7-10H2,1H3/b24-13+. The molecule has 1 amide bonds. The first-order valence-corrected chi connectivity index (χ1v) is 11.0. The molecule has 0 bridgehead atoms. The van der Waals surface area contributed by atoms with Gasteiger partial charge in [-0.1, -0.05) is 17.4 Å². The molecule has 4 rings (SSSR count). The summed E-state index contributed by atoms with van der Waals surface area (Å²) in [7, 11) is 0. The first-order valence-electron chi connectivity index (χ1n) is 9.34. The molecule has 1 aliphatic rings. The lowest BCUT2D eigenvalue weighted by atomic mass is 10.2. The van der Waals surface area contributed by atoms with E-state index in [0.717, 1.165) is 41.9 Å². The topological polar surface area (TPSA) is 88.7 Å². The lowest BCUT2D eigenvalue weighted by Crippen LogP contribution is -2.46. The Morgan fingerprint density at radius 3 is 2.73 bits per heavy atom. The monoisotopic (exact) mass is 437 g/mol. The van der Waals surface area contributed by atoms with Crippen LogP contribution in [0.15, 0.2) is 47.1 Å². The van der Waals surface area contributed by atoms with Crippen molar-refractivity contribution >= 4 is 50.7 Å². The molecule has 0 spiro atoms. The lowest BCUT2D eigenvalue weighted by Gasteiger charge is -2.35. The molecule has 0 atom stereocenters. The fourth-order valence-electron chi connectivity index (χ4n) is 3.12. The Morgan fingerprint density at radius 1 is 1.23 bits per heavy atom. The van der Waals surface area contributed by atoms with E-state index in [1.165, 1.54) is 23.3 Å². The summed E-state index contributed by atoms with van der Waals surface area (Å²) in [5, 5.41) is 18.5. The third-order valence-corrected chi connectivity index (χ3v) is 6.44. The van der Waals surface area contributed by atoms with Crippen LogP contribution in [0, 0.1) is 11.3 Å². The fraction of sp³-hybridized carbons (Fsp3) is 0.250. The van der Waals surface area contributed by atoms with Crippen LogP contribution in [0.1, 0.15) is 17.4 Å². The van der Waals surface area contributed by atoms with Crippen LogP contribution < -0.4 is 14.8 Å². The zero-order valence-electron chi connectivity index (χ0n) is 16.3. The van der Waals surface area contributed by atoms with E-state index in [0.29, 0.717) is 10.7 Å². The number of aromatic nitrogens is 2. The SMILES string of the molecule is CC(=O)N(/N=C/c1cccs1)c1ncc(N2CCN(c3ncccc3C#N)CC2)s1. The van der Waals surface area contributed by atoms with Crippen molar-refractivity contribution in [2.45, 2.75) is 6.92 Å². The van der Waals surface area contributed by atoms with Gasteiger partial charge < -0.3 is 9.80 Å². The van der Waals surface area contributed by atoms with E-state index in [4.69, 9.17) is 0 Å². The van der Waals surface area contributed by atoms with E-state index in [9.17, 15) is 10.1 Å². The summed E-state index contributed by atoms with van der Waals surface area (Å²) in [4.78, 5) is 26.2. The highest BCUT2D eigenvalue weighted by atomic mass is 32.1. The fourth-order valence-corrected chi connectivity index (χ4v) is 4.67. The van der Waals surface area contributed by atoms with Crippen LogP contribution in [0.25, 0.3) is 0 Å². The maximum atomic E-state index is 12.1. The molecule has 1 aliphatic heterocycles. The molecule has 1 saturated heterocycles. The predicted molar refractivity (Wildman–Crippen MR) is 121 cm³/mol. The molecule has 30 heavy (non-hydrogen) atoms. The average Bonchev–Trinajstić information content (AvgIpc) is 3.46. The molecule has 10 heteroatoms. The Hall–Kier alpha value is -3.29. The van der Waals surface area contributed by atoms with E-state index in [1.54, 1.807) is 42.1 Å². The highest BCUT2D eigenvalue weighted by Gasteiger charge is 2.23. The molecule has 0 aliphatic carbocycles. The van der Waals surface area contributed by atoms with Crippen LogP contribution in [-0.2, 0) is 4.79 Å². The molecule has 3 aromatic heterocycles. The third kappa shape index (κ3) is 4.32. The summed E-state index contributed by atoms with van der Waals surface area (Å²) in [6.07, 6.45) is 5.17. The van der Waals surface area contributed by atoms with E-state index < -0.39 is 0 Å². The summed E-state index contributed by atoms with van der Waals surface area (Å²) in [5.41, 5.74) is 0.590. The number of nitrogens with zero attached hydrogens (tertiary/aromatic N) is 7. The summed E-state index contributed by atoms with van der Waals surface area (Å²) >= 11 is 3.00. The Morgan fingerprint density at radius 2 is 2.03 bits per heavy atom. The minimum atomic E-state index is -0.187. The molecule has 152 valence electrons. The first-order chi connectivity index (χ1) is 14.7. The Labute approximate surface area is 182 Å². The van der Waals surface area contributed by atoms with Gasteiger partial charge in [-0.3, -0.25) is 4.79 Å². The van der Waals surface area contributed by atoms with Gasteiger partial charge in [-0.15, -0.1) is 11.3 Å². The van der Waals surface area contributed by atoms with Crippen molar-refractivity contribution < 1.29 is 4.79 Å². The van der Waals surface area contributed by atoms with Gasteiger partial charge in [0, 0.05) is 44.2 Å². The molecule has 0 N–H and O–H groups in total. The Balaban J connectivity index is 1.44. The quantitative estimate of drug-likeness (QED) is 0.450. The van der Waals surface area contributed by atoms with Crippen molar-refractivity contribution in [1.82, 2.24) is 9.97 Å². The number of rotatable bonds is 5. The minimum absolute atomic E-state index is 0.187.